The summed E-state index contributed by atoms with van der Waals surface area (Å²) in [7, 11) is 0. The standard InChI is InChI=1S/C17H24N2O3/c1-12-9-21-10-13(2)19(12)8-14(20)11-22-17-5-3-4-16-15(17)6-7-18-16/h3-7,12-14,18,20H,8-11H2,1-2H3. The molecule has 0 aliphatic carbocycles. The van der Waals surface area contributed by atoms with Gasteiger partial charge in [0.25, 0.3) is 0 Å². The van der Waals surface area contributed by atoms with Crippen LogP contribution in [0.3, 0.4) is 0 Å². The predicted octanol–water partition coefficient (Wildman–Crippen LogP) is 2.02. The van der Waals surface area contributed by atoms with Crippen molar-refractivity contribution < 1.29 is 14.6 Å². The number of benzene rings is 1. The summed E-state index contributed by atoms with van der Waals surface area (Å²) in [5.41, 5.74) is 1.04. The number of aliphatic hydroxyl groups excluding tert-OH is 1. The lowest BCUT2D eigenvalue weighted by Crippen LogP contribution is -2.52. The second-order valence-electron chi connectivity index (χ2n) is 6.09. The molecule has 120 valence electrons. The Bertz CT molecular complexity index is 603. The molecule has 5 nitrogen and oxygen atoms in total. The first-order chi connectivity index (χ1) is 10.6. The Morgan fingerprint density at radius 2 is 2.09 bits per heavy atom. The molecule has 0 saturated carbocycles. The highest BCUT2D eigenvalue weighted by Crippen LogP contribution is 2.24. The molecule has 1 fully saturated rings. The summed E-state index contributed by atoms with van der Waals surface area (Å²) in [5.74, 6) is 0.806. The van der Waals surface area contributed by atoms with Gasteiger partial charge in [-0.2, -0.15) is 0 Å². The van der Waals surface area contributed by atoms with Crippen molar-refractivity contribution in [2.75, 3.05) is 26.4 Å². The fourth-order valence-corrected chi connectivity index (χ4v) is 3.06. The Morgan fingerprint density at radius 1 is 1.32 bits per heavy atom. The van der Waals surface area contributed by atoms with Crippen molar-refractivity contribution in [1.82, 2.24) is 9.88 Å². The number of nitrogens with one attached hydrogen (secondary N) is 1. The quantitative estimate of drug-likeness (QED) is 0.887. The van der Waals surface area contributed by atoms with Crippen molar-refractivity contribution in [3.63, 3.8) is 0 Å². The lowest BCUT2D eigenvalue weighted by atomic mass is 10.1. The van der Waals surface area contributed by atoms with Gasteiger partial charge in [0.2, 0.25) is 0 Å². The van der Waals surface area contributed by atoms with Gasteiger partial charge in [-0.15, -0.1) is 0 Å². The summed E-state index contributed by atoms with van der Waals surface area (Å²) in [6, 6.07) is 8.53. The first-order valence-corrected chi connectivity index (χ1v) is 7.85. The van der Waals surface area contributed by atoms with Gasteiger partial charge >= 0.3 is 0 Å². The molecule has 3 rings (SSSR count). The number of hydrogen-bond acceptors (Lipinski definition) is 4. The average Bonchev–Trinajstić information content (AvgIpc) is 2.98. The number of aromatic amines is 1. The first-order valence-electron chi connectivity index (χ1n) is 7.85. The zero-order valence-electron chi connectivity index (χ0n) is 13.2. The minimum Gasteiger partial charge on any atom is -0.490 e. The van der Waals surface area contributed by atoms with E-state index in [0.717, 1.165) is 29.9 Å². The summed E-state index contributed by atoms with van der Waals surface area (Å²) < 4.78 is 11.3. The third-order valence-corrected chi connectivity index (χ3v) is 4.26. The molecule has 5 heteroatoms. The van der Waals surface area contributed by atoms with Crippen molar-refractivity contribution in [3.8, 4) is 5.75 Å². The third-order valence-electron chi connectivity index (χ3n) is 4.26. The van der Waals surface area contributed by atoms with Crippen LogP contribution in [0.15, 0.2) is 30.5 Å². The number of aromatic nitrogens is 1. The lowest BCUT2D eigenvalue weighted by Gasteiger charge is -2.39. The number of hydrogen-bond donors (Lipinski definition) is 2. The number of fused-ring (bicyclic) bond motifs is 1. The second-order valence-corrected chi connectivity index (χ2v) is 6.09. The normalized spacial score (nSPS) is 24.5. The van der Waals surface area contributed by atoms with Gasteiger partial charge in [0, 0.05) is 35.7 Å². The summed E-state index contributed by atoms with van der Waals surface area (Å²) in [5, 5.41) is 11.3. The van der Waals surface area contributed by atoms with Crippen LogP contribution >= 0.6 is 0 Å². The topological polar surface area (TPSA) is 57.7 Å². The summed E-state index contributed by atoms with van der Waals surface area (Å²) >= 11 is 0. The van der Waals surface area contributed by atoms with Crippen molar-refractivity contribution in [2.45, 2.75) is 32.0 Å². The van der Waals surface area contributed by atoms with E-state index < -0.39 is 6.10 Å². The highest BCUT2D eigenvalue weighted by atomic mass is 16.5. The van der Waals surface area contributed by atoms with E-state index in [1.165, 1.54) is 0 Å². The molecule has 2 N–H and O–H groups in total. The van der Waals surface area contributed by atoms with E-state index >= 15 is 0 Å². The van der Waals surface area contributed by atoms with Crippen LogP contribution in [0.25, 0.3) is 10.9 Å². The maximum Gasteiger partial charge on any atom is 0.128 e. The maximum atomic E-state index is 10.3. The Balaban J connectivity index is 1.58. The monoisotopic (exact) mass is 304 g/mol. The summed E-state index contributed by atoms with van der Waals surface area (Å²) in [6.07, 6.45) is 1.38. The predicted molar refractivity (Wildman–Crippen MR) is 86.2 cm³/mol. The van der Waals surface area contributed by atoms with E-state index in [1.807, 2.05) is 30.5 Å². The SMILES string of the molecule is CC1COCC(C)N1CC(O)COc1cccc2[nH]ccc12. The molecule has 0 spiro atoms. The van der Waals surface area contributed by atoms with Crippen molar-refractivity contribution in [3.05, 3.63) is 30.5 Å². The van der Waals surface area contributed by atoms with Crippen LogP contribution in [-0.2, 0) is 4.74 Å². The Kier molecular flexibility index (Phi) is 4.66. The lowest BCUT2D eigenvalue weighted by molar-refractivity contribution is -0.0578. The molecule has 1 aliphatic heterocycles. The molecule has 1 aromatic heterocycles. The number of morpholine rings is 1. The average molecular weight is 304 g/mol. The molecule has 1 aliphatic rings. The largest absolute Gasteiger partial charge is 0.490 e. The maximum absolute atomic E-state index is 10.3. The van der Waals surface area contributed by atoms with Gasteiger partial charge in [-0.05, 0) is 32.0 Å². The molecule has 0 radical (unpaired) electrons. The van der Waals surface area contributed by atoms with Gasteiger partial charge in [-0.3, -0.25) is 4.90 Å². The number of ether oxygens (including phenoxy) is 2. The number of aliphatic hydroxyl groups is 1. The summed E-state index contributed by atoms with van der Waals surface area (Å²) in [6.45, 7) is 6.60. The van der Waals surface area contributed by atoms with Crippen LogP contribution < -0.4 is 4.74 Å². The number of β-amino-alcohol motifs (C(OH)–C–C–N with tert-alkyl or cyclic N) is 1. The van der Waals surface area contributed by atoms with Crippen molar-refractivity contribution in [1.29, 1.82) is 0 Å². The number of H-pyrrole nitrogens is 1. The van der Waals surface area contributed by atoms with Crippen molar-refractivity contribution >= 4 is 10.9 Å². The second kappa shape index (κ2) is 6.69. The zero-order valence-corrected chi connectivity index (χ0v) is 13.2. The van der Waals surface area contributed by atoms with Gasteiger partial charge in [-0.1, -0.05) is 6.07 Å². The van der Waals surface area contributed by atoms with Gasteiger partial charge in [0.15, 0.2) is 0 Å². The number of rotatable bonds is 5. The van der Waals surface area contributed by atoms with E-state index in [2.05, 4.69) is 23.7 Å². The molecule has 1 saturated heterocycles. The highest BCUT2D eigenvalue weighted by molar-refractivity contribution is 5.85. The van der Waals surface area contributed by atoms with E-state index in [-0.39, 0.29) is 0 Å². The van der Waals surface area contributed by atoms with E-state index in [1.54, 1.807) is 0 Å². The molecule has 3 atom stereocenters. The third kappa shape index (κ3) is 3.27. The Hall–Kier alpha value is -1.56. The molecule has 0 amide bonds. The Labute approximate surface area is 130 Å². The van der Waals surface area contributed by atoms with Gasteiger partial charge < -0.3 is 19.6 Å². The molecule has 1 aromatic carbocycles. The molecule has 22 heavy (non-hydrogen) atoms. The van der Waals surface area contributed by atoms with E-state index in [9.17, 15) is 5.11 Å². The molecule has 0 bridgehead atoms. The first kappa shape index (κ1) is 15.3. The van der Waals surface area contributed by atoms with Gasteiger partial charge in [0.05, 0.1) is 13.2 Å². The molecular weight excluding hydrogens is 280 g/mol. The Morgan fingerprint density at radius 3 is 2.86 bits per heavy atom. The molecular formula is C17H24N2O3. The minimum absolute atomic E-state index is 0.293. The van der Waals surface area contributed by atoms with Gasteiger partial charge in [-0.25, -0.2) is 0 Å². The summed E-state index contributed by atoms with van der Waals surface area (Å²) in [4.78, 5) is 5.45. The van der Waals surface area contributed by atoms with Gasteiger partial charge in [0.1, 0.15) is 18.5 Å². The molecule has 3 unspecified atom stereocenters. The number of nitrogens with zero attached hydrogens (tertiary/aromatic N) is 1. The van der Waals surface area contributed by atoms with Crippen LogP contribution in [0.1, 0.15) is 13.8 Å². The minimum atomic E-state index is -0.516. The zero-order chi connectivity index (χ0) is 15.5. The van der Waals surface area contributed by atoms with E-state index in [0.29, 0.717) is 25.2 Å². The van der Waals surface area contributed by atoms with Crippen LogP contribution in [0.5, 0.6) is 5.75 Å². The highest BCUT2D eigenvalue weighted by Gasteiger charge is 2.27. The van der Waals surface area contributed by atoms with Crippen LogP contribution in [0.4, 0.5) is 0 Å². The smallest absolute Gasteiger partial charge is 0.128 e. The molecule has 2 aromatic rings. The fourth-order valence-electron chi connectivity index (χ4n) is 3.06. The van der Waals surface area contributed by atoms with Crippen LogP contribution in [0, 0.1) is 0 Å². The van der Waals surface area contributed by atoms with Crippen molar-refractivity contribution in [2.24, 2.45) is 0 Å². The van der Waals surface area contributed by atoms with E-state index in [4.69, 9.17) is 9.47 Å². The molecule has 2 heterocycles. The van der Waals surface area contributed by atoms with Crippen LogP contribution in [-0.4, -0.2) is 59.5 Å². The van der Waals surface area contributed by atoms with Crippen LogP contribution in [0.2, 0.25) is 0 Å². The fraction of sp³-hybridized carbons (Fsp3) is 0.529.